The molecule has 0 aliphatic rings. The van der Waals surface area contributed by atoms with Crippen molar-refractivity contribution in [2.24, 2.45) is 0 Å². The van der Waals surface area contributed by atoms with Crippen LogP contribution in [0.3, 0.4) is 0 Å². The number of benzene rings is 2. The molecule has 124 valence electrons. The Morgan fingerprint density at radius 1 is 0.833 bits per heavy atom. The molecule has 0 spiro atoms. The van der Waals surface area contributed by atoms with Crippen LogP contribution in [0.1, 0.15) is 0 Å². The zero-order valence-corrected chi connectivity index (χ0v) is 14.0. The summed E-state index contributed by atoms with van der Waals surface area (Å²) in [6.45, 7) is 0. The van der Waals surface area contributed by atoms with Gasteiger partial charge in [-0.05, 0) is 46.2 Å². The van der Waals surface area contributed by atoms with Gasteiger partial charge in [-0.1, -0.05) is 6.07 Å². The van der Waals surface area contributed by atoms with Crippen molar-refractivity contribution in [2.45, 2.75) is 4.90 Å². The monoisotopic (exact) mass is 368 g/mol. The number of hydrogen-bond donors (Lipinski definition) is 0. The molecular formula is C17H11F3O2S2. The van der Waals surface area contributed by atoms with E-state index < -0.39 is 27.3 Å². The second kappa shape index (κ2) is 6.07. The number of halogens is 3. The van der Waals surface area contributed by atoms with E-state index in [-0.39, 0.29) is 4.90 Å². The first-order chi connectivity index (χ1) is 11.3. The summed E-state index contributed by atoms with van der Waals surface area (Å²) < 4.78 is 64.0. The Balaban J connectivity index is 2.13. The molecule has 0 atom stereocenters. The smallest absolute Gasteiger partial charge is 0.178 e. The van der Waals surface area contributed by atoms with E-state index in [1.165, 1.54) is 35.6 Å². The van der Waals surface area contributed by atoms with Crippen LogP contribution in [0, 0.1) is 17.5 Å². The summed E-state index contributed by atoms with van der Waals surface area (Å²) >= 11 is 1.30. The highest BCUT2D eigenvalue weighted by Gasteiger charge is 2.17. The van der Waals surface area contributed by atoms with E-state index in [0.29, 0.717) is 22.3 Å². The van der Waals surface area contributed by atoms with Crippen molar-refractivity contribution in [2.75, 3.05) is 6.26 Å². The van der Waals surface area contributed by atoms with Gasteiger partial charge in [-0.15, -0.1) is 0 Å². The molecule has 2 aromatic carbocycles. The van der Waals surface area contributed by atoms with Crippen molar-refractivity contribution in [3.05, 3.63) is 64.6 Å². The normalized spacial score (nSPS) is 11.7. The fourth-order valence-electron chi connectivity index (χ4n) is 2.42. The zero-order valence-electron chi connectivity index (χ0n) is 12.4. The van der Waals surface area contributed by atoms with Gasteiger partial charge < -0.3 is 0 Å². The summed E-state index contributed by atoms with van der Waals surface area (Å²) in [5.41, 5.74) is 1.88. The number of sulfone groups is 1. The molecule has 0 aliphatic carbocycles. The molecule has 0 fully saturated rings. The Hall–Kier alpha value is -2.12. The van der Waals surface area contributed by atoms with Gasteiger partial charge in [0.15, 0.2) is 9.84 Å². The highest BCUT2D eigenvalue weighted by molar-refractivity contribution is 7.90. The minimum atomic E-state index is -3.66. The highest BCUT2D eigenvalue weighted by Crippen LogP contribution is 2.36. The van der Waals surface area contributed by atoms with Gasteiger partial charge in [-0.2, -0.15) is 11.3 Å². The molecule has 1 heterocycles. The van der Waals surface area contributed by atoms with E-state index in [1.807, 2.05) is 0 Å². The van der Waals surface area contributed by atoms with Crippen molar-refractivity contribution in [1.29, 1.82) is 0 Å². The maximum atomic E-state index is 14.1. The number of rotatable bonds is 3. The van der Waals surface area contributed by atoms with Gasteiger partial charge in [0.2, 0.25) is 0 Å². The predicted octanol–water partition coefficient (Wildman–Crippen LogP) is 4.90. The first-order valence-corrected chi connectivity index (χ1v) is 9.62. The molecule has 0 amide bonds. The molecule has 0 radical (unpaired) electrons. The molecule has 3 aromatic rings. The minimum Gasteiger partial charge on any atom is -0.224 e. The van der Waals surface area contributed by atoms with Crippen molar-refractivity contribution in [3.63, 3.8) is 0 Å². The molecule has 3 rings (SSSR count). The van der Waals surface area contributed by atoms with Gasteiger partial charge in [0.25, 0.3) is 0 Å². The van der Waals surface area contributed by atoms with Crippen molar-refractivity contribution >= 4 is 21.2 Å². The van der Waals surface area contributed by atoms with Crippen molar-refractivity contribution in [3.8, 4) is 22.3 Å². The molecular weight excluding hydrogens is 357 g/mol. The Bertz CT molecular complexity index is 1000. The van der Waals surface area contributed by atoms with Crippen molar-refractivity contribution in [1.82, 2.24) is 0 Å². The summed E-state index contributed by atoms with van der Waals surface area (Å²) in [4.78, 5) is -0.389. The molecule has 0 aliphatic heterocycles. The lowest BCUT2D eigenvalue weighted by molar-refractivity contribution is 0.571. The summed E-state index contributed by atoms with van der Waals surface area (Å²) in [5.74, 6) is -2.28. The predicted molar refractivity (Wildman–Crippen MR) is 88.2 cm³/mol. The Labute approximate surface area is 141 Å². The van der Waals surface area contributed by atoms with Gasteiger partial charge in [0, 0.05) is 23.4 Å². The Morgan fingerprint density at radius 3 is 1.96 bits per heavy atom. The Kier molecular flexibility index (Phi) is 4.23. The second-order valence-electron chi connectivity index (χ2n) is 5.27. The van der Waals surface area contributed by atoms with E-state index in [0.717, 1.165) is 18.4 Å². The fraction of sp³-hybridized carbons (Fsp3) is 0.0588. The molecule has 2 nitrogen and oxygen atoms in total. The van der Waals surface area contributed by atoms with E-state index in [9.17, 15) is 21.6 Å². The van der Waals surface area contributed by atoms with Gasteiger partial charge in [-0.3, -0.25) is 0 Å². The maximum Gasteiger partial charge on any atom is 0.178 e. The lowest BCUT2D eigenvalue weighted by atomic mass is 9.99. The molecule has 7 heteroatoms. The lowest BCUT2D eigenvalue weighted by Gasteiger charge is -2.08. The third kappa shape index (κ3) is 3.22. The van der Waals surface area contributed by atoms with Crippen LogP contribution in [-0.4, -0.2) is 14.7 Å². The minimum absolute atomic E-state index is 0.330. The second-order valence-corrected chi connectivity index (χ2v) is 8.00. The molecule has 0 N–H and O–H groups in total. The average molecular weight is 368 g/mol. The zero-order chi connectivity index (χ0) is 17.5. The first kappa shape index (κ1) is 16.7. The molecule has 0 saturated heterocycles. The topological polar surface area (TPSA) is 34.1 Å². The quantitative estimate of drug-likeness (QED) is 0.659. The van der Waals surface area contributed by atoms with E-state index >= 15 is 0 Å². The average Bonchev–Trinajstić information content (AvgIpc) is 2.94. The van der Waals surface area contributed by atoms with Gasteiger partial charge in [0.1, 0.15) is 22.3 Å². The first-order valence-electron chi connectivity index (χ1n) is 6.78. The van der Waals surface area contributed by atoms with Crippen LogP contribution < -0.4 is 0 Å². The molecule has 0 saturated carbocycles. The van der Waals surface area contributed by atoms with Crippen LogP contribution in [0.25, 0.3) is 22.3 Å². The van der Waals surface area contributed by atoms with E-state index in [1.54, 1.807) is 10.8 Å². The van der Waals surface area contributed by atoms with Crippen LogP contribution in [0.15, 0.2) is 52.1 Å². The Morgan fingerprint density at radius 2 is 1.42 bits per heavy atom. The van der Waals surface area contributed by atoms with Crippen LogP contribution in [0.4, 0.5) is 13.2 Å². The van der Waals surface area contributed by atoms with Gasteiger partial charge >= 0.3 is 0 Å². The molecule has 0 bridgehead atoms. The standard InChI is InChI=1S/C17H11F3O2S2/c1-24(21,22)17-3-2-10(6-16(17)20)14-8-23-9-15(14)11-4-12(18)7-13(19)5-11/h2-9H,1H3. The largest absolute Gasteiger partial charge is 0.224 e. The van der Waals surface area contributed by atoms with Crippen LogP contribution in [-0.2, 0) is 9.84 Å². The van der Waals surface area contributed by atoms with Crippen LogP contribution in [0.5, 0.6) is 0 Å². The fourth-order valence-corrected chi connectivity index (χ4v) is 4.02. The summed E-state index contributed by atoms with van der Waals surface area (Å²) in [5, 5.41) is 3.42. The summed E-state index contributed by atoms with van der Waals surface area (Å²) in [7, 11) is -3.66. The third-order valence-electron chi connectivity index (χ3n) is 3.48. The highest BCUT2D eigenvalue weighted by atomic mass is 32.2. The number of hydrogen-bond acceptors (Lipinski definition) is 3. The van der Waals surface area contributed by atoms with E-state index in [2.05, 4.69) is 0 Å². The molecule has 24 heavy (non-hydrogen) atoms. The maximum absolute atomic E-state index is 14.1. The van der Waals surface area contributed by atoms with Crippen LogP contribution >= 0.6 is 11.3 Å². The summed E-state index contributed by atoms with van der Waals surface area (Å²) in [6, 6.07) is 6.92. The molecule has 0 unspecified atom stereocenters. The van der Waals surface area contributed by atoms with Gasteiger partial charge in [0.05, 0.1) is 0 Å². The van der Waals surface area contributed by atoms with Crippen molar-refractivity contribution < 1.29 is 21.6 Å². The van der Waals surface area contributed by atoms with Crippen LogP contribution in [0.2, 0.25) is 0 Å². The number of thiophene rings is 1. The summed E-state index contributed by atoms with van der Waals surface area (Å²) in [6.07, 6.45) is 0.927. The molecule has 1 aromatic heterocycles. The third-order valence-corrected chi connectivity index (χ3v) is 5.35. The van der Waals surface area contributed by atoms with E-state index in [4.69, 9.17) is 0 Å². The SMILES string of the molecule is CS(=O)(=O)c1ccc(-c2cscc2-c2cc(F)cc(F)c2)cc1F. The lowest BCUT2D eigenvalue weighted by Crippen LogP contribution is -2.00. The van der Waals surface area contributed by atoms with Gasteiger partial charge in [-0.25, -0.2) is 21.6 Å².